The maximum absolute atomic E-state index is 12.0. The number of hydrogen-bond donors (Lipinski definition) is 2. The summed E-state index contributed by atoms with van der Waals surface area (Å²) in [5, 5.41) is 3.13. The minimum Gasteiger partial charge on any atom is -0.497 e. The highest BCUT2D eigenvalue weighted by Gasteiger charge is 2.14. The van der Waals surface area contributed by atoms with Crippen LogP contribution in [0, 0.1) is 0 Å². The molecule has 0 fully saturated rings. The molecule has 0 radical (unpaired) electrons. The van der Waals surface area contributed by atoms with Gasteiger partial charge in [-0.05, 0) is 37.5 Å². The summed E-state index contributed by atoms with van der Waals surface area (Å²) in [4.78, 5) is 12.0. The topological polar surface area (TPSA) is 64.4 Å². The first kappa shape index (κ1) is 17.5. The molecule has 4 heteroatoms. The van der Waals surface area contributed by atoms with E-state index in [1.807, 2.05) is 31.2 Å². The third-order valence-corrected chi connectivity index (χ3v) is 3.53. The highest BCUT2D eigenvalue weighted by Crippen LogP contribution is 2.22. The number of amides is 1. The van der Waals surface area contributed by atoms with Crippen molar-refractivity contribution in [2.24, 2.45) is 5.73 Å². The fraction of sp³-hybridized carbons (Fsp3) is 0.588. The second-order valence-corrected chi connectivity index (χ2v) is 5.55. The fourth-order valence-corrected chi connectivity index (χ4v) is 2.19. The summed E-state index contributed by atoms with van der Waals surface area (Å²) in [5.41, 5.74) is 6.82. The lowest BCUT2D eigenvalue weighted by Gasteiger charge is -2.20. The number of carbonyl (C=O) groups is 1. The number of benzene rings is 1. The lowest BCUT2D eigenvalue weighted by atomic mass is 10.0. The molecule has 0 heterocycles. The molecule has 0 saturated heterocycles. The predicted octanol–water partition coefficient (Wildman–Crippen LogP) is 3.17. The molecule has 0 spiro atoms. The lowest BCUT2D eigenvalue weighted by molar-refractivity contribution is -0.122. The quantitative estimate of drug-likeness (QED) is 0.734. The highest BCUT2D eigenvalue weighted by atomic mass is 16.5. The number of methoxy groups -OCH3 is 1. The van der Waals surface area contributed by atoms with Crippen LogP contribution in [0.1, 0.15) is 57.6 Å². The zero-order chi connectivity index (χ0) is 15.7. The predicted molar refractivity (Wildman–Crippen MR) is 86.3 cm³/mol. The van der Waals surface area contributed by atoms with E-state index in [1.54, 1.807) is 7.11 Å². The van der Waals surface area contributed by atoms with Crippen LogP contribution in [-0.2, 0) is 4.79 Å². The van der Waals surface area contributed by atoms with Crippen LogP contribution in [0.25, 0.3) is 0 Å². The van der Waals surface area contributed by atoms with E-state index in [2.05, 4.69) is 12.2 Å². The Labute approximate surface area is 128 Å². The molecule has 2 unspecified atom stereocenters. The Morgan fingerprint density at radius 2 is 1.95 bits per heavy atom. The maximum Gasteiger partial charge on any atom is 0.220 e. The summed E-state index contributed by atoms with van der Waals surface area (Å²) in [6, 6.07) is 8.03. The summed E-state index contributed by atoms with van der Waals surface area (Å²) >= 11 is 0. The molecule has 0 saturated carbocycles. The van der Waals surface area contributed by atoms with Gasteiger partial charge in [0.15, 0.2) is 0 Å². The zero-order valence-electron chi connectivity index (χ0n) is 13.4. The number of hydrogen-bond acceptors (Lipinski definition) is 3. The van der Waals surface area contributed by atoms with Crippen LogP contribution < -0.4 is 15.8 Å². The smallest absolute Gasteiger partial charge is 0.220 e. The van der Waals surface area contributed by atoms with E-state index in [0.29, 0.717) is 6.42 Å². The van der Waals surface area contributed by atoms with Crippen molar-refractivity contribution in [2.45, 2.75) is 58.0 Å². The van der Waals surface area contributed by atoms with E-state index in [1.165, 1.54) is 0 Å². The van der Waals surface area contributed by atoms with Crippen LogP contribution in [0.5, 0.6) is 5.75 Å². The van der Waals surface area contributed by atoms with Crippen LogP contribution in [0.2, 0.25) is 0 Å². The number of ether oxygens (including phenoxy) is 1. The van der Waals surface area contributed by atoms with Crippen LogP contribution in [0.3, 0.4) is 0 Å². The monoisotopic (exact) mass is 292 g/mol. The SMILES string of the molecule is CCCCC(NC(=O)CCC(C)N)c1ccc(OC)cc1. The largest absolute Gasteiger partial charge is 0.497 e. The van der Waals surface area contributed by atoms with E-state index in [0.717, 1.165) is 37.0 Å². The van der Waals surface area contributed by atoms with Crippen molar-refractivity contribution in [2.75, 3.05) is 7.11 Å². The van der Waals surface area contributed by atoms with Crippen molar-refractivity contribution in [1.82, 2.24) is 5.32 Å². The van der Waals surface area contributed by atoms with E-state index >= 15 is 0 Å². The molecule has 0 aromatic heterocycles. The molecule has 3 N–H and O–H groups in total. The van der Waals surface area contributed by atoms with E-state index in [-0.39, 0.29) is 18.0 Å². The van der Waals surface area contributed by atoms with E-state index in [9.17, 15) is 4.79 Å². The van der Waals surface area contributed by atoms with Gasteiger partial charge in [0.2, 0.25) is 5.91 Å². The summed E-state index contributed by atoms with van der Waals surface area (Å²) < 4.78 is 5.17. The Balaban J connectivity index is 2.67. The van der Waals surface area contributed by atoms with Gasteiger partial charge >= 0.3 is 0 Å². The number of nitrogens with one attached hydrogen (secondary N) is 1. The van der Waals surface area contributed by atoms with Gasteiger partial charge in [-0.1, -0.05) is 31.9 Å². The first-order valence-corrected chi connectivity index (χ1v) is 7.75. The van der Waals surface area contributed by atoms with Crippen molar-refractivity contribution >= 4 is 5.91 Å². The van der Waals surface area contributed by atoms with E-state index in [4.69, 9.17) is 10.5 Å². The molecule has 118 valence electrons. The molecule has 0 aliphatic rings. The number of rotatable bonds is 9. The number of carbonyl (C=O) groups excluding carboxylic acids is 1. The summed E-state index contributed by atoms with van der Waals surface area (Å²) in [5.74, 6) is 0.903. The zero-order valence-corrected chi connectivity index (χ0v) is 13.4. The Hall–Kier alpha value is -1.55. The lowest BCUT2D eigenvalue weighted by Crippen LogP contribution is -2.29. The van der Waals surface area contributed by atoms with Crippen molar-refractivity contribution in [3.8, 4) is 5.75 Å². The molecular formula is C17H28N2O2. The molecular weight excluding hydrogens is 264 g/mol. The third kappa shape index (κ3) is 6.63. The van der Waals surface area contributed by atoms with Crippen molar-refractivity contribution in [3.05, 3.63) is 29.8 Å². The molecule has 0 bridgehead atoms. The van der Waals surface area contributed by atoms with Crippen LogP contribution >= 0.6 is 0 Å². The average molecular weight is 292 g/mol. The average Bonchev–Trinajstić information content (AvgIpc) is 2.49. The third-order valence-electron chi connectivity index (χ3n) is 3.53. The van der Waals surface area contributed by atoms with Crippen molar-refractivity contribution in [1.29, 1.82) is 0 Å². The van der Waals surface area contributed by atoms with Gasteiger partial charge in [-0.2, -0.15) is 0 Å². The molecule has 0 aliphatic carbocycles. The van der Waals surface area contributed by atoms with E-state index < -0.39 is 0 Å². The van der Waals surface area contributed by atoms with Gasteiger partial charge in [-0.25, -0.2) is 0 Å². The highest BCUT2D eigenvalue weighted by molar-refractivity contribution is 5.76. The minimum absolute atomic E-state index is 0.0610. The molecule has 1 aromatic carbocycles. The van der Waals surface area contributed by atoms with Gasteiger partial charge in [0, 0.05) is 12.5 Å². The van der Waals surface area contributed by atoms with Crippen LogP contribution in [-0.4, -0.2) is 19.1 Å². The Kier molecular flexibility index (Phi) is 7.83. The number of nitrogens with two attached hydrogens (primary N) is 1. The second kappa shape index (κ2) is 9.40. The molecule has 0 aliphatic heterocycles. The van der Waals surface area contributed by atoms with Gasteiger partial charge in [0.25, 0.3) is 0 Å². The van der Waals surface area contributed by atoms with Gasteiger partial charge in [-0.3, -0.25) is 4.79 Å². The second-order valence-electron chi connectivity index (χ2n) is 5.55. The minimum atomic E-state index is 0.0610. The van der Waals surface area contributed by atoms with Crippen LogP contribution in [0.15, 0.2) is 24.3 Å². The molecule has 21 heavy (non-hydrogen) atoms. The Morgan fingerprint density at radius 1 is 1.29 bits per heavy atom. The van der Waals surface area contributed by atoms with Gasteiger partial charge in [-0.15, -0.1) is 0 Å². The van der Waals surface area contributed by atoms with Gasteiger partial charge in [0.05, 0.1) is 13.2 Å². The normalized spacial score (nSPS) is 13.5. The van der Waals surface area contributed by atoms with Crippen molar-refractivity contribution < 1.29 is 9.53 Å². The van der Waals surface area contributed by atoms with Gasteiger partial charge < -0.3 is 15.8 Å². The summed E-state index contributed by atoms with van der Waals surface area (Å²) in [6.45, 7) is 4.08. The standard InChI is InChI=1S/C17H28N2O2/c1-4-5-6-16(19-17(20)12-7-13(2)18)14-8-10-15(21-3)11-9-14/h8-11,13,16H,4-7,12,18H2,1-3H3,(H,19,20). The van der Waals surface area contributed by atoms with Crippen LogP contribution in [0.4, 0.5) is 0 Å². The Bertz CT molecular complexity index is 415. The molecule has 2 atom stereocenters. The molecule has 1 rings (SSSR count). The summed E-state index contributed by atoms with van der Waals surface area (Å²) in [6.07, 6.45) is 4.35. The van der Waals surface area contributed by atoms with Crippen molar-refractivity contribution in [3.63, 3.8) is 0 Å². The Morgan fingerprint density at radius 3 is 2.48 bits per heavy atom. The summed E-state index contributed by atoms with van der Waals surface area (Å²) in [7, 11) is 1.65. The maximum atomic E-state index is 12.0. The molecule has 1 amide bonds. The molecule has 4 nitrogen and oxygen atoms in total. The molecule has 1 aromatic rings. The fourth-order valence-electron chi connectivity index (χ4n) is 2.19. The number of unbranched alkanes of at least 4 members (excludes halogenated alkanes) is 1. The van der Waals surface area contributed by atoms with Gasteiger partial charge in [0.1, 0.15) is 5.75 Å². The first-order chi connectivity index (χ1) is 10.1. The first-order valence-electron chi connectivity index (χ1n) is 7.75.